The zero-order valence-corrected chi connectivity index (χ0v) is 11.8. The summed E-state index contributed by atoms with van der Waals surface area (Å²) in [6.07, 6.45) is 1.49. The largest absolute Gasteiger partial charge is 0.508 e. The molecule has 0 aliphatic heterocycles. The van der Waals surface area contributed by atoms with Gasteiger partial charge in [0, 0.05) is 18.5 Å². The van der Waals surface area contributed by atoms with Gasteiger partial charge in [-0.25, -0.2) is 0 Å². The summed E-state index contributed by atoms with van der Waals surface area (Å²) in [5.74, 6) is -0.674. The SMILES string of the molecule is Cc1ccc(C(=O)NCCC(C)CCC(=O)O)cc1O. The standard InChI is InChI=1S/C15H21NO4/c1-10(3-6-14(18)19)7-8-16-15(20)12-5-4-11(2)13(17)9-12/h4-5,9-10,17H,3,6-8H2,1-2H3,(H,16,20)(H,18,19). The number of nitrogens with one attached hydrogen (secondary N) is 1. The molecule has 0 saturated heterocycles. The molecule has 1 aromatic rings. The van der Waals surface area contributed by atoms with Crippen LogP contribution in [0.5, 0.6) is 5.75 Å². The molecule has 0 heterocycles. The molecular formula is C15H21NO4. The molecule has 3 N–H and O–H groups in total. The molecule has 20 heavy (non-hydrogen) atoms. The van der Waals surface area contributed by atoms with Crippen molar-refractivity contribution in [1.29, 1.82) is 0 Å². The molecule has 0 radical (unpaired) electrons. The van der Waals surface area contributed by atoms with Crippen molar-refractivity contribution in [2.24, 2.45) is 5.92 Å². The minimum absolute atomic E-state index is 0.104. The molecule has 1 rings (SSSR count). The van der Waals surface area contributed by atoms with Crippen LogP contribution >= 0.6 is 0 Å². The summed E-state index contributed by atoms with van der Waals surface area (Å²) in [4.78, 5) is 22.3. The fourth-order valence-electron chi connectivity index (χ4n) is 1.80. The third kappa shape index (κ3) is 5.30. The Kier molecular flexibility index (Phi) is 6.03. The number of benzene rings is 1. The molecule has 5 nitrogen and oxygen atoms in total. The van der Waals surface area contributed by atoms with Crippen LogP contribution in [0.2, 0.25) is 0 Å². The average Bonchev–Trinajstić information content (AvgIpc) is 2.39. The Morgan fingerprint density at radius 1 is 1.30 bits per heavy atom. The number of aliphatic carboxylic acids is 1. The normalized spacial score (nSPS) is 11.9. The molecule has 1 unspecified atom stereocenters. The Morgan fingerprint density at radius 2 is 2.00 bits per heavy atom. The van der Waals surface area contributed by atoms with Crippen LogP contribution in [0.1, 0.15) is 42.1 Å². The van der Waals surface area contributed by atoms with Crippen molar-refractivity contribution in [3.8, 4) is 5.75 Å². The number of aryl methyl sites for hydroxylation is 1. The fourth-order valence-corrected chi connectivity index (χ4v) is 1.80. The highest BCUT2D eigenvalue weighted by atomic mass is 16.4. The number of hydrogen-bond donors (Lipinski definition) is 3. The summed E-state index contributed by atoms with van der Waals surface area (Å²) in [7, 11) is 0. The fraction of sp³-hybridized carbons (Fsp3) is 0.467. The molecule has 0 aliphatic carbocycles. The van der Waals surface area contributed by atoms with Crippen LogP contribution in [0.4, 0.5) is 0 Å². The van der Waals surface area contributed by atoms with Gasteiger partial charge in [-0.05, 0) is 43.4 Å². The first kappa shape index (κ1) is 16.0. The van der Waals surface area contributed by atoms with Crippen LogP contribution in [0.25, 0.3) is 0 Å². The van der Waals surface area contributed by atoms with Gasteiger partial charge in [0.05, 0.1) is 0 Å². The van der Waals surface area contributed by atoms with E-state index in [0.29, 0.717) is 18.5 Å². The Bertz CT molecular complexity index is 485. The lowest BCUT2D eigenvalue weighted by atomic mass is 10.0. The second-order valence-electron chi connectivity index (χ2n) is 5.08. The van der Waals surface area contributed by atoms with Crippen molar-refractivity contribution in [1.82, 2.24) is 5.32 Å². The van der Waals surface area contributed by atoms with Crippen molar-refractivity contribution in [2.75, 3.05) is 6.54 Å². The molecule has 1 amide bonds. The molecule has 0 aromatic heterocycles. The second kappa shape index (κ2) is 7.53. The maximum atomic E-state index is 11.8. The number of amides is 1. The highest BCUT2D eigenvalue weighted by Gasteiger charge is 2.09. The maximum Gasteiger partial charge on any atom is 0.303 e. The Morgan fingerprint density at radius 3 is 2.60 bits per heavy atom. The quantitative estimate of drug-likeness (QED) is 0.715. The van der Waals surface area contributed by atoms with Gasteiger partial charge in [0.2, 0.25) is 0 Å². The first-order valence-corrected chi connectivity index (χ1v) is 6.69. The van der Waals surface area contributed by atoms with Gasteiger partial charge in [-0.2, -0.15) is 0 Å². The van der Waals surface area contributed by atoms with Crippen LogP contribution in [0.3, 0.4) is 0 Å². The van der Waals surface area contributed by atoms with Gasteiger partial charge in [-0.1, -0.05) is 13.0 Å². The number of phenols is 1. The first-order valence-electron chi connectivity index (χ1n) is 6.69. The summed E-state index contributed by atoms with van der Waals surface area (Å²) >= 11 is 0. The lowest BCUT2D eigenvalue weighted by molar-refractivity contribution is -0.137. The van der Waals surface area contributed by atoms with E-state index in [1.165, 1.54) is 6.07 Å². The van der Waals surface area contributed by atoms with Crippen molar-refractivity contribution in [2.45, 2.75) is 33.1 Å². The highest BCUT2D eigenvalue weighted by Crippen LogP contribution is 2.17. The van der Waals surface area contributed by atoms with E-state index in [-0.39, 0.29) is 24.0 Å². The van der Waals surface area contributed by atoms with Crippen LogP contribution in [0, 0.1) is 12.8 Å². The number of hydrogen-bond acceptors (Lipinski definition) is 3. The molecule has 0 fully saturated rings. The van der Waals surface area contributed by atoms with Gasteiger partial charge in [-0.3, -0.25) is 9.59 Å². The lowest BCUT2D eigenvalue weighted by Crippen LogP contribution is -2.25. The summed E-state index contributed by atoms with van der Waals surface area (Å²) in [6.45, 7) is 4.22. The molecule has 1 atom stereocenters. The van der Waals surface area contributed by atoms with E-state index in [4.69, 9.17) is 5.11 Å². The molecule has 110 valence electrons. The van der Waals surface area contributed by atoms with E-state index >= 15 is 0 Å². The van der Waals surface area contributed by atoms with E-state index < -0.39 is 5.97 Å². The van der Waals surface area contributed by atoms with E-state index in [9.17, 15) is 14.7 Å². The van der Waals surface area contributed by atoms with E-state index in [1.807, 2.05) is 6.92 Å². The van der Waals surface area contributed by atoms with Gasteiger partial charge in [0.25, 0.3) is 5.91 Å². The maximum absolute atomic E-state index is 11.8. The molecule has 0 bridgehead atoms. The predicted molar refractivity (Wildman–Crippen MR) is 75.8 cm³/mol. The Balaban J connectivity index is 2.36. The zero-order valence-electron chi connectivity index (χ0n) is 11.8. The minimum Gasteiger partial charge on any atom is -0.508 e. The molecule has 0 saturated carbocycles. The summed E-state index contributed by atoms with van der Waals surface area (Å²) in [6, 6.07) is 4.80. The number of phenolic OH excluding ortho intramolecular Hbond substituents is 1. The highest BCUT2D eigenvalue weighted by molar-refractivity contribution is 5.94. The number of rotatable bonds is 7. The van der Waals surface area contributed by atoms with Gasteiger partial charge in [0.1, 0.15) is 5.75 Å². The number of carbonyl (C=O) groups excluding carboxylic acids is 1. The molecule has 5 heteroatoms. The van der Waals surface area contributed by atoms with Gasteiger partial charge >= 0.3 is 5.97 Å². The predicted octanol–water partition coefficient (Wildman–Crippen LogP) is 2.32. The third-order valence-corrected chi connectivity index (χ3v) is 3.25. The number of carbonyl (C=O) groups is 2. The van der Waals surface area contributed by atoms with Gasteiger partial charge < -0.3 is 15.5 Å². The number of carboxylic acid groups (broad SMARTS) is 1. The Labute approximate surface area is 118 Å². The lowest BCUT2D eigenvalue weighted by Gasteiger charge is -2.11. The summed E-state index contributed by atoms with van der Waals surface area (Å²) < 4.78 is 0. The minimum atomic E-state index is -0.795. The van der Waals surface area contributed by atoms with E-state index in [0.717, 1.165) is 12.0 Å². The first-order chi connectivity index (χ1) is 9.40. The summed E-state index contributed by atoms with van der Waals surface area (Å²) in [5.41, 5.74) is 1.15. The van der Waals surface area contributed by atoms with Gasteiger partial charge in [0.15, 0.2) is 0 Å². The van der Waals surface area contributed by atoms with Crippen LogP contribution in [0.15, 0.2) is 18.2 Å². The van der Waals surface area contributed by atoms with Crippen LogP contribution in [-0.4, -0.2) is 28.6 Å². The second-order valence-corrected chi connectivity index (χ2v) is 5.08. The third-order valence-electron chi connectivity index (χ3n) is 3.25. The molecular weight excluding hydrogens is 258 g/mol. The number of aromatic hydroxyl groups is 1. The molecule has 1 aromatic carbocycles. The van der Waals surface area contributed by atoms with Crippen molar-refractivity contribution in [3.63, 3.8) is 0 Å². The summed E-state index contributed by atoms with van der Waals surface area (Å²) in [5, 5.41) is 20.9. The molecule has 0 aliphatic rings. The van der Waals surface area contributed by atoms with E-state index in [2.05, 4.69) is 5.32 Å². The van der Waals surface area contributed by atoms with E-state index in [1.54, 1.807) is 19.1 Å². The van der Waals surface area contributed by atoms with Crippen molar-refractivity contribution in [3.05, 3.63) is 29.3 Å². The van der Waals surface area contributed by atoms with Crippen LogP contribution < -0.4 is 5.32 Å². The van der Waals surface area contributed by atoms with Gasteiger partial charge in [-0.15, -0.1) is 0 Å². The zero-order chi connectivity index (χ0) is 15.1. The van der Waals surface area contributed by atoms with Crippen LogP contribution in [-0.2, 0) is 4.79 Å². The topological polar surface area (TPSA) is 86.6 Å². The Hall–Kier alpha value is -2.04. The smallest absolute Gasteiger partial charge is 0.303 e. The monoisotopic (exact) mass is 279 g/mol. The average molecular weight is 279 g/mol. The van der Waals surface area contributed by atoms with Crippen molar-refractivity contribution >= 4 is 11.9 Å². The van der Waals surface area contributed by atoms with Crippen molar-refractivity contribution < 1.29 is 19.8 Å². The molecule has 0 spiro atoms. The number of carboxylic acids is 1.